The van der Waals surface area contributed by atoms with Crippen molar-refractivity contribution in [2.24, 2.45) is 5.41 Å². The maximum absolute atomic E-state index is 12.5. The highest BCUT2D eigenvalue weighted by Gasteiger charge is 2.58. The van der Waals surface area contributed by atoms with Crippen molar-refractivity contribution in [3.05, 3.63) is 29.8 Å². The summed E-state index contributed by atoms with van der Waals surface area (Å²) in [6, 6.07) is 8.75. The molecule has 0 aromatic heterocycles. The number of rotatable bonds is 2. The molecule has 0 heterocycles. The van der Waals surface area contributed by atoms with Gasteiger partial charge in [-0.05, 0) is 37.3 Å². The van der Waals surface area contributed by atoms with Crippen LogP contribution in [0.4, 0.5) is 0 Å². The van der Waals surface area contributed by atoms with E-state index >= 15 is 0 Å². The van der Waals surface area contributed by atoms with Gasteiger partial charge in [-0.25, -0.2) is 8.42 Å². The summed E-state index contributed by atoms with van der Waals surface area (Å²) in [5.74, 6) is 0. The average molecular weight is 263 g/mol. The molecule has 0 N–H and O–H groups in total. The summed E-state index contributed by atoms with van der Waals surface area (Å²) in [6.07, 6.45) is 0.819. The Balaban J connectivity index is 2.44. The van der Waals surface area contributed by atoms with Gasteiger partial charge >= 0.3 is 0 Å². The molecule has 0 atom stereocenters. The number of hydrogen-bond acceptors (Lipinski definition) is 3. The molecule has 0 aliphatic heterocycles. The van der Waals surface area contributed by atoms with E-state index in [2.05, 4.69) is 0 Å². The Morgan fingerprint density at radius 1 is 1.17 bits per heavy atom. The molecule has 0 radical (unpaired) electrons. The molecule has 0 spiro atoms. The summed E-state index contributed by atoms with van der Waals surface area (Å²) in [7, 11) is -3.56. The summed E-state index contributed by atoms with van der Waals surface area (Å²) in [5, 5.41) is 9.29. The fourth-order valence-electron chi connectivity index (χ4n) is 2.77. The number of benzene rings is 1. The Hall–Kier alpha value is -1.34. The van der Waals surface area contributed by atoms with Crippen LogP contribution in [0, 0.1) is 23.7 Å². The predicted molar refractivity (Wildman–Crippen MR) is 69.7 cm³/mol. The number of nitrogens with zero attached hydrogens (tertiary/aromatic N) is 1. The van der Waals surface area contributed by atoms with E-state index in [0.29, 0.717) is 12.8 Å². The van der Waals surface area contributed by atoms with Gasteiger partial charge < -0.3 is 0 Å². The number of sulfone groups is 1. The van der Waals surface area contributed by atoms with Crippen LogP contribution in [0.25, 0.3) is 0 Å². The van der Waals surface area contributed by atoms with Crippen molar-refractivity contribution in [3.8, 4) is 6.07 Å². The first-order valence-electron chi connectivity index (χ1n) is 5.95. The normalized spacial score (nSPS) is 20.8. The molecule has 0 saturated heterocycles. The zero-order valence-corrected chi connectivity index (χ0v) is 11.7. The molecule has 3 nitrogen and oxygen atoms in total. The minimum Gasteiger partial charge on any atom is -0.222 e. The predicted octanol–water partition coefficient (Wildman–Crippen LogP) is 2.85. The third-order valence-corrected chi connectivity index (χ3v) is 5.88. The van der Waals surface area contributed by atoms with Crippen LogP contribution in [0.15, 0.2) is 29.2 Å². The molecule has 0 amide bonds. The molecule has 0 unspecified atom stereocenters. The van der Waals surface area contributed by atoms with E-state index in [1.165, 1.54) is 0 Å². The molecule has 0 bridgehead atoms. The molecule has 2 rings (SSSR count). The monoisotopic (exact) mass is 263 g/mol. The van der Waals surface area contributed by atoms with Gasteiger partial charge in [0.1, 0.15) is 0 Å². The molecule has 18 heavy (non-hydrogen) atoms. The van der Waals surface area contributed by atoms with Gasteiger partial charge in [0.25, 0.3) is 0 Å². The van der Waals surface area contributed by atoms with Crippen molar-refractivity contribution in [1.29, 1.82) is 5.26 Å². The number of nitriles is 1. The summed E-state index contributed by atoms with van der Waals surface area (Å²) >= 11 is 0. The molecular weight excluding hydrogens is 246 g/mol. The summed E-state index contributed by atoms with van der Waals surface area (Å²) in [5.41, 5.74) is 0.946. The Labute approximate surface area is 108 Å². The maximum Gasteiger partial charge on any atom is 0.197 e. The van der Waals surface area contributed by atoms with E-state index in [1.807, 2.05) is 26.8 Å². The number of hydrogen-bond donors (Lipinski definition) is 0. The smallest absolute Gasteiger partial charge is 0.197 e. The highest BCUT2D eigenvalue weighted by Crippen LogP contribution is 2.53. The third-order valence-electron chi connectivity index (χ3n) is 3.58. The molecule has 4 heteroatoms. The van der Waals surface area contributed by atoms with Gasteiger partial charge in [-0.3, -0.25) is 0 Å². The van der Waals surface area contributed by atoms with Crippen LogP contribution in [-0.4, -0.2) is 13.2 Å². The van der Waals surface area contributed by atoms with Gasteiger partial charge in [0, 0.05) is 0 Å². The second-order valence-electron chi connectivity index (χ2n) is 5.94. The number of aryl methyl sites for hydroxylation is 1. The van der Waals surface area contributed by atoms with Crippen molar-refractivity contribution in [2.45, 2.75) is 43.3 Å². The Bertz CT molecular complexity index is 598. The van der Waals surface area contributed by atoms with E-state index in [0.717, 1.165) is 5.56 Å². The molecule has 1 saturated carbocycles. The van der Waals surface area contributed by atoms with E-state index in [9.17, 15) is 13.7 Å². The average Bonchev–Trinajstić information content (AvgIpc) is 2.25. The first kappa shape index (κ1) is 13.1. The topological polar surface area (TPSA) is 57.9 Å². The lowest BCUT2D eigenvalue weighted by molar-refractivity contribution is 0.154. The summed E-state index contributed by atoms with van der Waals surface area (Å²) in [6.45, 7) is 5.89. The van der Waals surface area contributed by atoms with Gasteiger partial charge in [-0.2, -0.15) is 5.26 Å². The molecular formula is C14H17NO2S. The van der Waals surface area contributed by atoms with Crippen LogP contribution >= 0.6 is 0 Å². The summed E-state index contributed by atoms with van der Waals surface area (Å²) in [4.78, 5) is 0.255. The fourth-order valence-corrected chi connectivity index (χ4v) is 4.99. The zero-order valence-electron chi connectivity index (χ0n) is 10.9. The van der Waals surface area contributed by atoms with Gasteiger partial charge in [0.05, 0.1) is 11.0 Å². The summed E-state index contributed by atoms with van der Waals surface area (Å²) < 4.78 is 23.9. The van der Waals surface area contributed by atoms with Crippen molar-refractivity contribution >= 4 is 9.84 Å². The maximum atomic E-state index is 12.5. The van der Waals surface area contributed by atoms with Crippen LogP contribution in [0.3, 0.4) is 0 Å². The second kappa shape index (κ2) is 3.83. The lowest BCUT2D eigenvalue weighted by Gasteiger charge is -2.47. The molecule has 1 aromatic carbocycles. The van der Waals surface area contributed by atoms with Crippen LogP contribution < -0.4 is 0 Å². The fraction of sp³-hybridized carbons (Fsp3) is 0.500. The molecule has 96 valence electrons. The highest BCUT2D eigenvalue weighted by molar-refractivity contribution is 7.93. The highest BCUT2D eigenvalue weighted by atomic mass is 32.2. The quantitative estimate of drug-likeness (QED) is 0.824. The van der Waals surface area contributed by atoms with Gasteiger partial charge in [-0.15, -0.1) is 0 Å². The van der Waals surface area contributed by atoms with Crippen LogP contribution in [-0.2, 0) is 9.84 Å². The van der Waals surface area contributed by atoms with E-state index in [-0.39, 0.29) is 10.3 Å². The molecule has 1 aliphatic rings. The zero-order chi connectivity index (χ0) is 13.6. The van der Waals surface area contributed by atoms with Gasteiger partial charge in [0.15, 0.2) is 14.6 Å². The minimum absolute atomic E-state index is 0.0620. The molecule has 1 aliphatic carbocycles. The largest absolute Gasteiger partial charge is 0.222 e. The Kier molecular flexibility index (Phi) is 2.78. The Morgan fingerprint density at radius 3 is 2.06 bits per heavy atom. The van der Waals surface area contributed by atoms with Gasteiger partial charge in [0.2, 0.25) is 0 Å². The van der Waals surface area contributed by atoms with Crippen molar-refractivity contribution < 1.29 is 8.42 Å². The second-order valence-corrected chi connectivity index (χ2v) is 8.20. The van der Waals surface area contributed by atoms with Crippen molar-refractivity contribution in [3.63, 3.8) is 0 Å². The lowest BCUT2D eigenvalue weighted by atomic mass is 9.64. The third kappa shape index (κ3) is 1.83. The molecule has 1 aromatic rings. The van der Waals surface area contributed by atoms with E-state index in [1.54, 1.807) is 24.3 Å². The van der Waals surface area contributed by atoms with E-state index < -0.39 is 14.6 Å². The van der Waals surface area contributed by atoms with E-state index in [4.69, 9.17) is 0 Å². The first-order valence-corrected chi connectivity index (χ1v) is 7.43. The first-order chi connectivity index (χ1) is 8.22. The lowest BCUT2D eigenvalue weighted by Crippen LogP contribution is -2.53. The van der Waals surface area contributed by atoms with Crippen LogP contribution in [0.5, 0.6) is 0 Å². The van der Waals surface area contributed by atoms with Crippen LogP contribution in [0.2, 0.25) is 0 Å². The van der Waals surface area contributed by atoms with Crippen molar-refractivity contribution in [2.75, 3.05) is 0 Å². The SMILES string of the molecule is Cc1ccc(S(=O)(=O)C2(C#N)CC(C)(C)C2)cc1. The Morgan fingerprint density at radius 2 is 1.67 bits per heavy atom. The van der Waals surface area contributed by atoms with Gasteiger partial charge in [-0.1, -0.05) is 31.5 Å². The molecule has 1 fully saturated rings. The minimum atomic E-state index is -3.56. The van der Waals surface area contributed by atoms with Crippen LogP contribution in [0.1, 0.15) is 32.3 Å². The van der Waals surface area contributed by atoms with Crippen molar-refractivity contribution in [1.82, 2.24) is 0 Å². The standard InChI is InChI=1S/C14H17NO2S/c1-11-4-6-12(7-5-11)18(16,17)14(10-15)8-13(2,3)9-14/h4-7H,8-9H2,1-3H3.